The summed E-state index contributed by atoms with van der Waals surface area (Å²) in [6.07, 6.45) is 2.55. The third-order valence-electron chi connectivity index (χ3n) is 4.79. The lowest BCUT2D eigenvalue weighted by Crippen LogP contribution is -2.25. The van der Waals surface area contributed by atoms with E-state index in [2.05, 4.69) is 15.1 Å². The quantitative estimate of drug-likeness (QED) is 0.653. The molecule has 2 atom stereocenters. The van der Waals surface area contributed by atoms with Crippen molar-refractivity contribution in [2.45, 2.75) is 44.6 Å². The van der Waals surface area contributed by atoms with Crippen molar-refractivity contribution in [2.24, 2.45) is 5.73 Å². The predicted octanol–water partition coefficient (Wildman–Crippen LogP) is 2.58. The summed E-state index contributed by atoms with van der Waals surface area (Å²) in [5.74, 6) is -1.68. The number of hydrogen-bond acceptors (Lipinski definition) is 6. The highest BCUT2D eigenvalue weighted by atomic mass is 19.1. The Kier molecular flexibility index (Phi) is 4.22. The molecule has 0 aromatic carbocycles. The number of hydrogen-bond donors (Lipinski definition) is 2. The summed E-state index contributed by atoms with van der Waals surface area (Å²) in [6.45, 7) is 1.95. The van der Waals surface area contributed by atoms with Crippen LogP contribution in [0.2, 0.25) is 0 Å². The van der Waals surface area contributed by atoms with Crippen LogP contribution in [0.3, 0.4) is 0 Å². The number of carboxylic acid groups (broad SMARTS) is 1. The summed E-state index contributed by atoms with van der Waals surface area (Å²) >= 11 is 0. The van der Waals surface area contributed by atoms with Gasteiger partial charge in [0, 0.05) is 27.2 Å². The van der Waals surface area contributed by atoms with Crippen molar-refractivity contribution in [3.8, 4) is 0 Å². The third-order valence-corrected chi connectivity index (χ3v) is 4.79. The van der Waals surface area contributed by atoms with E-state index in [1.54, 1.807) is 0 Å². The van der Waals surface area contributed by atoms with Gasteiger partial charge >= 0.3 is 5.97 Å². The predicted molar refractivity (Wildman–Crippen MR) is 105 cm³/mol. The SMILES string of the molecule is [2H]C1([2H])CCN(c2ccn3ncc(C(=O)O)c3n2)C1([2H])c1cc(F)cnc1CC[C@@H](C)N. The van der Waals surface area contributed by atoms with Gasteiger partial charge in [-0.3, -0.25) is 4.98 Å². The number of fused-ring (bicyclic) bond motifs is 1. The van der Waals surface area contributed by atoms with E-state index in [0.717, 1.165) is 12.3 Å². The fraction of sp³-hybridized carbons (Fsp3) is 0.400. The van der Waals surface area contributed by atoms with Crippen molar-refractivity contribution < 1.29 is 18.4 Å². The topological polar surface area (TPSA) is 110 Å². The standard InChI is InChI=1S/C20H23FN6O2/c1-12(22)4-5-16-14(9-13(21)10-23-16)17-3-2-7-26(17)18-6-8-27-19(25-18)15(11-24-27)20(28)29/h6,8-12,17H,2-5,7,22H2,1H3,(H,28,29)/t12-,17?/m1/s1/i3D2,17D. The number of aryl methyl sites for hydroxylation is 1. The zero-order chi connectivity index (χ0) is 23.3. The average molecular weight is 401 g/mol. The van der Waals surface area contributed by atoms with Crippen LogP contribution in [0.15, 0.2) is 30.7 Å². The molecule has 1 fully saturated rings. The molecule has 8 nitrogen and oxygen atoms in total. The molecule has 29 heavy (non-hydrogen) atoms. The molecular weight excluding hydrogens is 375 g/mol. The summed E-state index contributed by atoms with van der Waals surface area (Å²) in [5.41, 5.74) is 6.31. The van der Waals surface area contributed by atoms with Crippen molar-refractivity contribution in [1.82, 2.24) is 19.6 Å². The van der Waals surface area contributed by atoms with E-state index in [1.165, 1.54) is 27.9 Å². The van der Waals surface area contributed by atoms with Crippen molar-refractivity contribution in [2.75, 3.05) is 11.4 Å². The average Bonchev–Trinajstić information content (AvgIpc) is 3.25. The molecule has 0 bridgehead atoms. The number of carbonyl (C=O) groups is 1. The maximum Gasteiger partial charge on any atom is 0.341 e. The van der Waals surface area contributed by atoms with Gasteiger partial charge in [0.2, 0.25) is 0 Å². The Labute approximate surface area is 171 Å². The summed E-state index contributed by atoms with van der Waals surface area (Å²) in [5, 5.41) is 13.4. The number of aromatic nitrogens is 4. The first-order valence-electron chi connectivity index (χ1n) is 10.8. The fourth-order valence-electron chi connectivity index (χ4n) is 3.36. The van der Waals surface area contributed by atoms with Crippen LogP contribution >= 0.6 is 0 Å². The minimum absolute atomic E-state index is 0.00233. The molecule has 0 spiro atoms. The first kappa shape index (κ1) is 15.8. The summed E-state index contributed by atoms with van der Waals surface area (Å²) < 4.78 is 42.0. The van der Waals surface area contributed by atoms with Crippen LogP contribution in [0.1, 0.15) is 57.9 Å². The van der Waals surface area contributed by atoms with Crippen LogP contribution in [-0.2, 0) is 6.42 Å². The van der Waals surface area contributed by atoms with E-state index < -0.39 is 24.2 Å². The van der Waals surface area contributed by atoms with Gasteiger partial charge < -0.3 is 15.7 Å². The van der Waals surface area contributed by atoms with Crippen molar-refractivity contribution in [3.05, 3.63) is 53.4 Å². The van der Waals surface area contributed by atoms with Gasteiger partial charge in [-0.1, -0.05) is 0 Å². The first-order chi connectivity index (χ1) is 15.0. The smallest absolute Gasteiger partial charge is 0.341 e. The van der Waals surface area contributed by atoms with Gasteiger partial charge in [-0.15, -0.1) is 0 Å². The van der Waals surface area contributed by atoms with Crippen LogP contribution in [0.5, 0.6) is 0 Å². The second-order valence-corrected chi connectivity index (χ2v) is 7.01. The van der Waals surface area contributed by atoms with E-state index in [9.17, 15) is 15.7 Å². The zero-order valence-corrected chi connectivity index (χ0v) is 15.8. The minimum atomic E-state index is -2.06. The number of nitrogens with zero attached hydrogens (tertiary/aromatic N) is 5. The number of aromatic carboxylic acids is 1. The third kappa shape index (κ3) is 3.77. The Morgan fingerprint density at radius 1 is 1.55 bits per heavy atom. The zero-order valence-electron chi connectivity index (χ0n) is 18.8. The van der Waals surface area contributed by atoms with E-state index >= 15 is 0 Å². The molecule has 0 aliphatic carbocycles. The van der Waals surface area contributed by atoms with E-state index in [-0.39, 0.29) is 41.6 Å². The van der Waals surface area contributed by atoms with Crippen LogP contribution in [0.25, 0.3) is 5.65 Å². The number of halogens is 1. The van der Waals surface area contributed by atoms with Crippen LogP contribution in [-0.4, -0.2) is 43.2 Å². The molecule has 1 saturated heterocycles. The normalized spacial score (nSPS) is 23.6. The van der Waals surface area contributed by atoms with Crippen LogP contribution < -0.4 is 10.6 Å². The van der Waals surface area contributed by atoms with Gasteiger partial charge in [0.05, 0.1) is 19.8 Å². The highest BCUT2D eigenvalue weighted by Gasteiger charge is 2.30. The number of rotatable bonds is 6. The molecule has 9 heteroatoms. The lowest BCUT2D eigenvalue weighted by molar-refractivity contribution is 0.0698. The maximum atomic E-state index is 14.3. The lowest BCUT2D eigenvalue weighted by Gasteiger charge is -2.27. The van der Waals surface area contributed by atoms with Crippen molar-refractivity contribution in [3.63, 3.8) is 0 Å². The molecule has 1 aliphatic rings. The lowest BCUT2D eigenvalue weighted by atomic mass is 9.98. The molecule has 1 unspecified atom stereocenters. The molecule has 3 aromatic rings. The molecular formula is C20H23FN6O2. The number of pyridine rings is 1. The van der Waals surface area contributed by atoms with Gasteiger partial charge in [-0.25, -0.2) is 18.7 Å². The molecule has 152 valence electrons. The Bertz CT molecular complexity index is 1190. The monoisotopic (exact) mass is 401 g/mol. The number of nitrogens with two attached hydrogens (primary N) is 1. The Morgan fingerprint density at radius 3 is 3.14 bits per heavy atom. The highest BCUT2D eigenvalue weighted by molar-refractivity contribution is 5.94. The molecule has 3 aromatic heterocycles. The molecule has 3 N–H and O–H groups in total. The van der Waals surface area contributed by atoms with E-state index in [1.807, 2.05) is 6.92 Å². The van der Waals surface area contributed by atoms with Crippen molar-refractivity contribution in [1.29, 1.82) is 0 Å². The van der Waals surface area contributed by atoms with Gasteiger partial charge in [-0.2, -0.15) is 5.10 Å². The fourth-order valence-corrected chi connectivity index (χ4v) is 3.36. The second-order valence-electron chi connectivity index (χ2n) is 7.01. The first-order valence-corrected chi connectivity index (χ1v) is 9.30. The largest absolute Gasteiger partial charge is 0.477 e. The minimum Gasteiger partial charge on any atom is -0.477 e. The second kappa shape index (κ2) is 7.75. The van der Waals surface area contributed by atoms with Crippen LogP contribution in [0, 0.1) is 5.82 Å². The molecule has 0 radical (unpaired) electrons. The molecule has 4 heterocycles. The molecule has 4 rings (SSSR count). The highest BCUT2D eigenvalue weighted by Crippen LogP contribution is 2.37. The Balaban J connectivity index is 1.87. The summed E-state index contributed by atoms with van der Waals surface area (Å²) in [7, 11) is 0. The van der Waals surface area contributed by atoms with Gasteiger partial charge in [0.1, 0.15) is 17.2 Å². The van der Waals surface area contributed by atoms with Crippen LogP contribution in [0.4, 0.5) is 10.2 Å². The maximum absolute atomic E-state index is 14.3. The van der Waals surface area contributed by atoms with Crippen molar-refractivity contribution >= 4 is 17.4 Å². The van der Waals surface area contributed by atoms with Gasteiger partial charge in [-0.05, 0) is 50.3 Å². The molecule has 1 aliphatic heterocycles. The van der Waals surface area contributed by atoms with E-state index in [4.69, 9.17) is 8.48 Å². The van der Waals surface area contributed by atoms with Gasteiger partial charge in [0.25, 0.3) is 0 Å². The molecule has 0 saturated carbocycles. The number of anilines is 1. The number of carboxylic acids is 1. The Hall–Kier alpha value is -3.07. The molecule has 0 amide bonds. The Morgan fingerprint density at radius 2 is 2.38 bits per heavy atom. The van der Waals surface area contributed by atoms with E-state index in [0.29, 0.717) is 18.5 Å². The van der Waals surface area contributed by atoms with Gasteiger partial charge in [0.15, 0.2) is 5.65 Å². The summed E-state index contributed by atoms with van der Waals surface area (Å²) in [4.78, 5) is 21.5. The summed E-state index contributed by atoms with van der Waals surface area (Å²) in [6, 6.07) is 0.495.